The normalized spacial score (nSPS) is 11.8. The highest BCUT2D eigenvalue weighted by molar-refractivity contribution is 7.80. The smallest absolute Gasteiger partial charge is 0.274 e. The molecule has 0 aliphatic heterocycles. The van der Waals surface area contributed by atoms with Gasteiger partial charge in [-0.15, -0.1) is 0 Å². The second-order valence-corrected chi connectivity index (χ2v) is 7.62. The highest BCUT2D eigenvalue weighted by Crippen LogP contribution is 2.25. The van der Waals surface area contributed by atoms with Gasteiger partial charge in [0, 0.05) is 6.07 Å². The Morgan fingerprint density at radius 2 is 1.79 bits per heavy atom. The van der Waals surface area contributed by atoms with Crippen LogP contribution in [0.3, 0.4) is 0 Å². The molecule has 0 aliphatic carbocycles. The number of nitro benzene ring substituents is 1. The molecule has 2 aromatic rings. The minimum absolute atomic E-state index is 0.00557. The molecule has 1 unspecified atom stereocenters. The van der Waals surface area contributed by atoms with E-state index in [2.05, 4.69) is 24.5 Å². The third kappa shape index (κ3) is 5.60. The van der Waals surface area contributed by atoms with Gasteiger partial charge >= 0.3 is 0 Å². The zero-order chi connectivity index (χ0) is 20.8. The van der Waals surface area contributed by atoms with Crippen LogP contribution in [-0.4, -0.2) is 15.9 Å². The number of nitrogens with zero attached hydrogens (tertiary/aromatic N) is 1. The lowest BCUT2D eigenvalue weighted by Crippen LogP contribution is -2.36. The van der Waals surface area contributed by atoms with Crippen LogP contribution >= 0.6 is 12.2 Å². The van der Waals surface area contributed by atoms with Crippen LogP contribution < -0.4 is 10.6 Å². The number of carbonyl (C=O) groups is 1. The van der Waals surface area contributed by atoms with E-state index in [0.29, 0.717) is 17.2 Å². The molecule has 2 rings (SSSR count). The number of rotatable bonds is 6. The maximum Gasteiger partial charge on any atom is 0.274 e. The average Bonchev–Trinajstić information content (AvgIpc) is 2.62. The van der Waals surface area contributed by atoms with Crippen molar-refractivity contribution in [2.75, 3.05) is 5.32 Å². The van der Waals surface area contributed by atoms with Crippen LogP contribution in [0, 0.1) is 23.0 Å². The summed E-state index contributed by atoms with van der Waals surface area (Å²) in [6.45, 7) is 7.78. The van der Waals surface area contributed by atoms with Gasteiger partial charge < -0.3 is 10.6 Å². The molecule has 0 spiro atoms. The van der Waals surface area contributed by atoms with Gasteiger partial charge in [-0.05, 0) is 55.6 Å². The lowest BCUT2D eigenvalue weighted by molar-refractivity contribution is -0.385. The Hall–Kier alpha value is -2.80. The van der Waals surface area contributed by atoms with E-state index in [4.69, 9.17) is 12.2 Å². The van der Waals surface area contributed by atoms with E-state index in [0.717, 1.165) is 12.0 Å². The minimum atomic E-state index is -0.451. The summed E-state index contributed by atoms with van der Waals surface area (Å²) >= 11 is 5.21. The van der Waals surface area contributed by atoms with Crippen LogP contribution in [0.1, 0.15) is 43.4 Å². The largest absolute Gasteiger partial charge is 0.332 e. The average molecular weight is 400 g/mol. The van der Waals surface area contributed by atoms with Crippen LogP contribution in [0.2, 0.25) is 0 Å². The van der Waals surface area contributed by atoms with Crippen LogP contribution in [0.4, 0.5) is 11.4 Å². The van der Waals surface area contributed by atoms with Crippen LogP contribution in [0.5, 0.6) is 0 Å². The van der Waals surface area contributed by atoms with Crippen molar-refractivity contribution in [3.8, 4) is 0 Å². The summed E-state index contributed by atoms with van der Waals surface area (Å²) in [5.74, 6) is -0.0384. The summed E-state index contributed by atoms with van der Waals surface area (Å²) in [4.78, 5) is 23.1. The molecule has 0 saturated heterocycles. The first-order valence-corrected chi connectivity index (χ1v) is 9.54. The van der Waals surface area contributed by atoms with Crippen LogP contribution in [0.25, 0.3) is 0 Å². The Bertz CT molecular complexity index is 879. The zero-order valence-corrected chi connectivity index (χ0v) is 17.3. The standard InChI is InChI=1S/C21H25N3O3S/c1-13(2)12-16-8-10-17(11-9-16)14(3)20(25)23-21(28)22-18-6-5-7-19(15(18)4)24(26)27/h5-11,13-14H,12H2,1-4H3,(H2,22,23,25,28). The molecule has 28 heavy (non-hydrogen) atoms. The summed E-state index contributed by atoms with van der Waals surface area (Å²) in [6, 6.07) is 12.7. The number of nitrogens with one attached hydrogen (secondary N) is 2. The van der Waals surface area contributed by atoms with Crippen molar-refractivity contribution in [1.82, 2.24) is 5.32 Å². The highest BCUT2D eigenvalue weighted by Gasteiger charge is 2.18. The molecule has 7 heteroatoms. The van der Waals surface area contributed by atoms with E-state index in [9.17, 15) is 14.9 Å². The fourth-order valence-corrected chi connectivity index (χ4v) is 3.11. The number of benzene rings is 2. The topological polar surface area (TPSA) is 84.3 Å². The summed E-state index contributed by atoms with van der Waals surface area (Å²) in [7, 11) is 0. The molecule has 0 heterocycles. The molecule has 0 saturated carbocycles. The van der Waals surface area contributed by atoms with Crippen molar-refractivity contribution >= 4 is 34.6 Å². The Balaban J connectivity index is 2.01. The van der Waals surface area contributed by atoms with E-state index < -0.39 is 4.92 Å². The van der Waals surface area contributed by atoms with Gasteiger partial charge in [-0.1, -0.05) is 44.2 Å². The van der Waals surface area contributed by atoms with E-state index >= 15 is 0 Å². The van der Waals surface area contributed by atoms with Crippen LogP contribution in [0.15, 0.2) is 42.5 Å². The minimum Gasteiger partial charge on any atom is -0.332 e. The quantitative estimate of drug-likeness (QED) is 0.417. The summed E-state index contributed by atoms with van der Waals surface area (Å²) in [6.07, 6.45) is 0.997. The van der Waals surface area contributed by atoms with Crippen molar-refractivity contribution in [3.05, 3.63) is 69.3 Å². The third-order valence-corrected chi connectivity index (χ3v) is 4.71. The molecule has 0 radical (unpaired) electrons. The van der Waals surface area contributed by atoms with Crippen LogP contribution in [-0.2, 0) is 11.2 Å². The highest BCUT2D eigenvalue weighted by atomic mass is 32.1. The van der Waals surface area contributed by atoms with Gasteiger partial charge in [-0.3, -0.25) is 14.9 Å². The predicted octanol–water partition coefficient (Wildman–Crippen LogP) is 4.72. The molecule has 148 valence electrons. The van der Waals surface area contributed by atoms with E-state index in [1.54, 1.807) is 19.1 Å². The first-order valence-electron chi connectivity index (χ1n) is 9.13. The van der Waals surface area contributed by atoms with Crippen molar-refractivity contribution in [1.29, 1.82) is 0 Å². The Kier molecular flexibility index (Phi) is 7.23. The molecule has 1 atom stereocenters. The second kappa shape index (κ2) is 9.41. The van der Waals surface area contributed by atoms with Gasteiger partial charge in [0.1, 0.15) is 0 Å². The summed E-state index contributed by atoms with van der Waals surface area (Å²) in [5.41, 5.74) is 3.08. The second-order valence-electron chi connectivity index (χ2n) is 7.21. The Morgan fingerprint density at radius 3 is 2.36 bits per heavy atom. The number of anilines is 1. The van der Waals surface area contributed by atoms with Gasteiger partial charge in [0.15, 0.2) is 5.11 Å². The SMILES string of the molecule is Cc1c(NC(=S)NC(=O)C(C)c2ccc(CC(C)C)cc2)cccc1[N+](=O)[O-]. The fraction of sp³-hybridized carbons (Fsp3) is 0.333. The van der Waals surface area contributed by atoms with Crippen molar-refractivity contribution in [2.45, 2.75) is 40.0 Å². The van der Waals surface area contributed by atoms with Crippen molar-refractivity contribution in [2.24, 2.45) is 5.92 Å². The zero-order valence-electron chi connectivity index (χ0n) is 16.5. The molecule has 0 fully saturated rings. The number of amides is 1. The summed E-state index contributed by atoms with van der Waals surface area (Å²) in [5, 5.41) is 16.7. The van der Waals surface area contributed by atoms with Gasteiger partial charge in [0.25, 0.3) is 5.69 Å². The maximum atomic E-state index is 12.5. The lowest BCUT2D eigenvalue weighted by atomic mass is 9.96. The lowest BCUT2D eigenvalue weighted by Gasteiger charge is -2.16. The number of hydrogen-bond acceptors (Lipinski definition) is 4. The molecule has 1 amide bonds. The molecule has 0 bridgehead atoms. The van der Waals surface area contributed by atoms with Gasteiger partial charge in [0.05, 0.1) is 22.1 Å². The number of hydrogen-bond donors (Lipinski definition) is 2. The van der Waals surface area contributed by atoms with Gasteiger partial charge in [-0.2, -0.15) is 0 Å². The molecule has 6 nitrogen and oxygen atoms in total. The number of thiocarbonyl (C=S) groups is 1. The monoisotopic (exact) mass is 399 g/mol. The Labute approximate surface area is 170 Å². The third-order valence-electron chi connectivity index (χ3n) is 4.50. The molecule has 0 aliphatic rings. The first-order chi connectivity index (χ1) is 13.2. The molecule has 2 aromatic carbocycles. The van der Waals surface area contributed by atoms with E-state index in [1.165, 1.54) is 11.6 Å². The predicted molar refractivity (Wildman–Crippen MR) is 116 cm³/mol. The summed E-state index contributed by atoms with van der Waals surface area (Å²) < 4.78 is 0. The molecule has 2 N–H and O–H groups in total. The number of carbonyl (C=O) groups excluding carboxylic acids is 1. The maximum absolute atomic E-state index is 12.5. The first kappa shape index (κ1) is 21.5. The van der Waals surface area contributed by atoms with E-state index in [-0.39, 0.29) is 22.6 Å². The van der Waals surface area contributed by atoms with E-state index in [1.807, 2.05) is 31.2 Å². The number of nitro groups is 1. The van der Waals surface area contributed by atoms with Gasteiger partial charge in [0.2, 0.25) is 5.91 Å². The fourth-order valence-electron chi connectivity index (χ4n) is 2.90. The van der Waals surface area contributed by atoms with Crippen molar-refractivity contribution < 1.29 is 9.72 Å². The Morgan fingerprint density at radius 1 is 1.14 bits per heavy atom. The molecular formula is C21H25N3O3S. The van der Waals surface area contributed by atoms with Gasteiger partial charge in [-0.25, -0.2) is 0 Å². The van der Waals surface area contributed by atoms with Crippen molar-refractivity contribution in [3.63, 3.8) is 0 Å². The molecule has 0 aromatic heterocycles. The molecular weight excluding hydrogens is 374 g/mol.